The first-order valence-corrected chi connectivity index (χ1v) is 9.30. The molecule has 1 heterocycles. The van der Waals surface area contributed by atoms with E-state index in [0.717, 1.165) is 17.5 Å². The van der Waals surface area contributed by atoms with Crippen LogP contribution in [-0.2, 0) is 11.3 Å². The first-order chi connectivity index (χ1) is 13.7. The van der Waals surface area contributed by atoms with E-state index in [4.69, 9.17) is 0 Å². The molecule has 0 radical (unpaired) electrons. The summed E-state index contributed by atoms with van der Waals surface area (Å²) in [5, 5.41) is 5.87. The Hall–Kier alpha value is -3.47. The summed E-state index contributed by atoms with van der Waals surface area (Å²) in [4.78, 5) is 28.8. The van der Waals surface area contributed by atoms with E-state index < -0.39 is 0 Å². The number of carbonyl (C=O) groups is 2. The Kier molecular flexibility index (Phi) is 6.52. The minimum Gasteiger partial charge on any atom is -0.351 e. The molecule has 0 aliphatic carbocycles. The molecular formula is C23H23N3O2. The first-order valence-electron chi connectivity index (χ1n) is 9.30. The molecule has 2 N–H and O–H groups in total. The molecule has 3 aromatic rings. The van der Waals surface area contributed by atoms with E-state index in [2.05, 4.69) is 15.6 Å². The number of nitrogens with zero attached hydrogens (tertiary/aromatic N) is 1. The van der Waals surface area contributed by atoms with Gasteiger partial charge in [0.2, 0.25) is 5.91 Å². The van der Waals surface area contributed by atoms with Crippen LogP contribution in [0.25, 0.3) is 0 Å². The fourth-order valence-electron chi connectivity index (χ4n) is 3.04. The molecule has 0 aliphatic heterocycles. The number of rotatable bonds is 7. The minimum atomic E-state index is -0.196. The van der Waals surface area contributed by atoms with Gasteiger partial charge in [-0.05, 0) is 41.8 Å². The van der Waals surface area contributed by atoms with Crippen molar-refractivity contribution in [3.05, 3.63) is 95.8 Å². The molecule has 0 spiro atoms. The van der Waals surface area contributed by atoms with Gasteiger partial charge in [0, 0.05) is 30.2 Å². The van der Waals surface area contributed by atoms with Crippen LogP contribution in [0.15, 0.2) is 79.1 Å². The summed E-state index contributed by atoms with van der Waals surface area (Å²) in [5.41, 5.74) is 3.16. The summed E-state index contributed by atoms with van der Waals surface area (Å²) in [6.45, 7) is 2.41. The Morgan fingerprint density at radius 3 is 2.43 bits per heavy atom. The van der Waals surface area contributed by atoms with Crippen LogP contribution < -0.4 is 10.6 Å². The summed E-state index contributed by atoms with van der Waals surface area (Å²) >= 11 is 0. The Morgan fingerprint density at radius 1 is 0.964 bits per heavy atom. The molecule has 142 valence electrons. The van der Waals surface area contributed by atoms with Crippen LogP contribution >= 0.6 is 0 Å². The van der Waals surface area contributed by atoms with Gasteiger partial charge in [-0.25, -0.2) is 0 Å². The van der Waals surface area contributed by atoms with Gasteiger partial charge in [0.15, 0.2) is 0 Å². The maximum absolute atomic E-state index is 12.6. The van der Waals surface area contributed by atoms with Crippen molar-refractivity contribution in [3.63, 3.8) is 0 Å². The lowest BCUT2D eigenvalue weighted by Gasteiger charge is -2.16. The van der Waals surface area contributed by atoms with Crippen molar-refractivity contribution >= 4 is 17.5 Å². The van der Waals surface area contributed by atoms with Crippen LogP contribution in [0.3, 0.4) is 0 Å². The predicted octanol–water partition coefficient (Wildman–Crippen LogP) is 4.14. The highest BCUT2D eigenvalue weighted by Gasteiger charge is 2.18. The van der Waals surface area contributed by atoms with Crippen LogP contribution in [0.4, 0.5) is 5.69 Å². The van der Waals surface area contributed by atoms with Gasteiger partial charge < -0.3 is 10.6 Å². The van der Waals surface area contributed by atoms with Crippen molar-refractivity contribution in [1.82, 2.24) is 10.3 Å². The van der Waals surface area contributed by atoms with E-state index in [-0.39, 0.29) is 17.7 Å². The number of hydrogen-bond donors (Lipinski definition) is 2. The Bertz CT molecular complexity index is 927. The largest absolute Gasteiger partial charge is 0.351 e. The van der Waals surface area contributed by atoms with Gasteiger partial charge in [-0.1, -0.05) is 49.4 Å². The van der Waals surface area contributed by atoms with Gasteiger partial charge >= 0.3 is 0 Å². The van der Waals surface area contributed by atoms with Crippen LogP contribution in [0.1, 0.15) is 40.7 Å². The van der Waals surface area contributed by atoms with Crippen molar-refractivity contribution in [2.75, 3.05) is 5.32 Å². The fourth-order valence-corrected chi connectivity index (χ4v) is 3.04. The van der Waals surface area contributed by atoms with E-state index in [1.165, 1.54) is 0 Å². The van der Waals surface area contributed by atoms with Crippen LogP contribution in [0.2, 0.25) is 0 Å². The number of amides is 2. The smallest absolute Gasteiger partial charge is 0.255 e. The van der Waals surface area contributed by atoms with E-state index in [0.29, 0.717) is 17.8 Å². The Balaban J connectivity index is 1.61. The average molecular weight is 373 g/mol. The molecule has 0 saturated heterocycles. The number of nitrogens with one attached hydrogen (secondary N) is 2. The molecular weight excluding hydrogens is 350 g/mol. The maximum atomic E-state index is 12.6. The molecule has 28 heavy (non-hydrogen) atoms. The van der Waals surface area contributed by atoms with Crippen LogP contribution in [0.5, 0.6) is 0 Å². The normalized spacial score (nSPS) is 11.5. The van der Waals surface area contributed by atoms with Gasteiger partial charge in [0.05, 0.1) is 5.92 Å². The van der Waals surface area contributed by atoms with E-state index in [1.807, 2.05) is 61.5 Å². The summed E-state index contributed by atoms with van der Waals surface area (Å²) in [7, 11) is 0. The number of anilines is 1. The summed E-state index contributed by atoms with van der Waals surface area (Å²) < 4.78 is 0. The van der Waals surface area contributed by atoms with Crippen molar-refractivity contribution in [2.45, 2.75) is 25.8 Å². The SMILES string of the molecule is CC[C@@H](C(=O)NCc1cccc(NC(=O)c2ccncc2)c1)c1ccccc1. The number of carbonyl (C=O) groups excluding carboxylic acids is 2. The second-order valence-corrected chi connectivity index (χ2v) is 6.48. The quantitative estimate of drug-likeness (QED) is 0.654. The molecule has 5 heteroatoms. The number of benzene rings is 2. The number of pyridine rings is 1. The molecule has 3 rings (SSSR count). The lowest BCUT2D eigenvalue weighted by molar-refractivity contribution is -0.122. The van der Waals surface area contributed by atoms with Crippen molar-refractivity contribution < 1.29 is 9.59 Å². The fraction of sp³-hybridized carbons (Fsp3) is 0.174. The van der Waals surface area contributed by atoms with Gasteiger partial charge in [-0.3, -0.25) is 14.6 Å². The zero-order valence-electron chi connectivity index (χ0n) is 15.8. The molecule has 2 aromatic carbocycles. The third-order valence-corrected chi connectivity index (χ3v) is 4.52. The lowest BCUT2D eigenvalue weighted by Crippen LogP contribution is -2.28. The molecule has 0 fully saturated rings. The highest BCUT2D eigenvalue weighted by Crippen LogP contribution is 2.19. The Morgan fingerprint density at radius 2 is 1.71 bits per heavy atom. The van der Waals surface area contributed by atoms with Gasteiger partial charge in [-0.15, -0.1) is 0 Å². The topological polar surface area (TPSA) is 71.1 Å². The molecule has 2 amide bonds. The molecule has 0 bridgehead atoms. The zero-order chi connectivity index (χ0) is 19.8. The second kappa shape index (κ2) is 9.46. The third-order valence-electron chi connectivity index (χ3n) is 4.52. The average Bonchev–Trinajstić information content (AvgIpc) is 2.74. The van der Waals surface area contributed by atoms with Gasteiger partial charge in [-0.2, -0.15) is 0 Å². The third kappa shape index (κ3) is 5.04. The molecule has 0 unspecified atom stereocenters. The molecule has 1 atom stereocenters. The highest BCUT2D eigenvalue weighted by atomic mass is 16.2. The van der Waals surface area contributed by atoms with E-state index in [1.54, 1.807) is 24.5 Å². The minimum absolute atomic E-state index is 0.0000702. The first kappa shape index (κ1) is 19.3. The van der Waals surface area contributed by atoms with E-state index in [9.17, 15) is 9.59 Å². The molecule has 1 aromatic heterocycles. The van der Waals surface area contributed by atoms with Gasteiger partial charge in [0.25, 0.3) is 5.91 Å². The maximum Gasteiger partial charge on any atom is 0.255 e. The van der Waals surface area contributed by atoms with Crippen molar-refractivity contribution in [1.29, 1.82) is 0 Å². The summed E-state index contributed by atoms with van der Waals surface area (Å²) in [5.74, 6) is -0.366. The number of hydrogen-bond acceptors (Lipinski definition) is 3. The highest BCUT2D eigenvalue weighted by molar-refractivity contribution is 6.04. The standard InChI is InChI=1S/C23H23N3O2/c1-2-21(18-8-4-3-5-9-18)23(28)25-16-17-7-6-10-20(15-17)26-22(27)19-11-13-24-14-12-19/h3-15,21H,2,16H2,1H3,(H,25,28)(H,26,27)/t21-/m1/s1. The monoisotopic (exact) mass is 373 g/mol. The molecule has 5 nitrogen and oxygen atoms in total. The molecule has 0 aliphatic rings. The Labute approximate surface area is 164 Å². The lowest BCUT2D eigenvalue weighted by atomic mass is 9.95. The molecule has 0 saturated carbocycles. The van der Waals surface area contributed by atoms with Crippen LogP contribution in [0, 0.1) is 0 Å². The predicted molar refractivity (Wildman–Crippen MR) is 110 cm³/mol. The summed E-state index contributed by atoms with van der Waals surface area (Å²) in [6.07, 6.45) is 3.90. The number of aromatic nitrogens is 1. The van der Waals surface area contributed by atoms with Gasteiger partial charge in [0.1, 0.15) is 0 Å². The second-order valence-electron chi connectivity index (χ2n) is 6.48. The zero-order valence-corrected chi connectivity index (χ0v) is 15.8. The van der Waals surface area contributed by atoms with Crippen molar-refractivity contribution in [2.24, 2.45) is 0 Å². The van der Waals surface area contributed by atoms with Crippen molar-refractivity contribution in [3.8, 4) is 0 Å². The van der Waals surface area contributed by atoms with Crippen LogP contribution in [-0.4, -0.2) is 16.8 Å². The van der Waals surface area contributed by atoms with E-state index >= 15 is 0 Å². The summed E-state index contributed by atoms with van der Waals surface area (Å²) in [6, 6.07) is 20.6.